The Labute approximate surface area is 97.6 Å². The van der Waals surface area contributed by atoms with Crippen molar-refractivity contribution in [3.63, 3.8) is 0 Å². The van der Waals surface area contributed by atoms with Gasteiger partial charge in [0.2, 0.25) is 0 Å². The van der Waals surface area contributed by atoms with Crippen molar-refractivity contribution < 1.29 is 4.74 Å². The van der Waals surface area contributed by atoms with Crippen LogP contribution in [0, 0.1) is 20.8 Å². The highest BCUT2D eigenvalue weighted by Crippen LogP contribution is 2.25. The molecule has 0 aliphatic rings. The molecule has 0 heterocycles. The third-order valence-corrected chi connectivity index (χ3v) is 2.97. The van der Waals surface area contributed by atoms with Gasteiger partial charge < -0.3 is 4.74 Å². The summed E-state index contributed by atoms with van der Waals surface area (Å²) in [6.45, 7) is 10.7. The van der Waals surface area contributed by atoms with Crippen LogP contribution in [0.4, 0.5) is 0 Å². The fourth-order valence-corrected chi connectivity index (χ4v) is 1.46. The van der Waals surface area contributed by atoms with E-state index in [1.807, 2.05) is 0 Å². The van der Waals surface area contributed by atoms with E-state index in [0.29, 0.717) is 12.4 Å². The highest BCUT2D eigenvalue weighted by Gasteiger charge is 2.06. The Morgan fingerprint density at radius 3 is 2.47 bits per heavy atom. The molecule has 2 heteroatoms. The van der Waals surface area contributed by atoms with Crippen molar-refractivity contribution in [2.75, 3.05) is 12.4 Å². The van der Waals surface area contributed by atoms with Crippen LogP contribution in [-0.4, -0.2) is 12.4 Å². The smallest absolute Gasteiger partial charge is 0.125 e. The largest absolute Gasteiger partial charge is 0.489 e. The highest BCUT2D eigenvalue weighted by molar-refractivity contribution is 7.80. The standard InChI is InChI=1S/C13H18OS/c1-9(8-15)7-14-13-11(3)6-5-10(2)12(13)4/h5-6,15H,1,7-8H2,2-4H3. The van der Waals surface area contributed by atoms with E-state index < -0.39 is 0 Å². The lowest BCUT2D eigenvalue weighted by Crippen LogP contribution is -2.04. The first-order valence-corrected chi connectivity index (χ1v) is 5.66. The lowest BCUT2D eigenvalue weighted by molar-refractivity contribution is 0.348. The van der Waals surface area contributed by atoms with Crippen LogP contribution in [0.15, 0.2) is 24.3 Å². The SMILES string of the molecule is C=C(CS)COc1c(C)ccc(C)c1C. The van der Waals surface area contributed by atoms with Crippen molar-refractivity contribution in [1.82, 2.24) is 0 Å². The van der Waals surface area contributed by atoms with Gasteiger partial charge in [-0.05, 0) is 43.0 Å². The van der Waals surface area contributed by atoms with Crippen LogP contribution in [0.3, 0.4) is 0 Å². The van der Waals surface area contributed by atoms with Gasteiger partial charge in [0, 0.05) is 5.75 Å². The molecule has 1 aromatic carbocycles. The number of rotatable bonds is 4. The summed E-state index contributed by atoms with van der Waals surface area (Å²) in [5, 5.41) is 0. The molecule has 0 saturated heterocycles. The van der Waals surface area contributed by atoms with Crippen LogP contribution in [0.25, 0.3) is 0 Å². The molecule has 0 unspecified atom stereocenters. The third kappa shape index (κ3) is 3.03. The lowest BCUT2D eigenvalue weighted by Gasteiger charge is -2.14. The topological polar surface area (TPSA) is 9.23 Å². The Morgan fingerprint density at radius 1 is 1.27 bits per heavy atom. The summed E-state index contributed by atoms with van der Waals surface area (Å²) in [5.41, 5.74) is 4.64. The Hall–Kier alpha value is -0.890. The summed E-state index contributed by atoms with van der Waals surface area (Å²) in [7, 11) is 0. The van der Waals surface area contributed by atoms with Gasteiger partial charge in [-0.25, -0.2) is 0 Å². The maximum Gasteiger partial charge on any atom is 0.125 e. The third-order valence-electron chi connectivity index (χ3n) is 2.52. The number of benzene rings is 1. The molecule has 1 nitrogen and oxygen atoms in total. The first-order valence-electron chi connectivity index (χ1n) is 5.03. The molecule has 0 aromatic heterocycles. The van der Waals surface area contributed by atoms with E-state index in [4.69, 9.17) is 4.74 Å². The summed E-state index contributed by atoms with van der Waals surface area (Å²) in [6, 6.07) is 4.20. The maximum absolute atomic E-state index is 5.75. The average molecular weight is 222 g/mol. The molecular weight excluding hydrogens is 204 g/mol. The summed E-state index contributed by atoms with van der Waals surface area (Å²) in [6.07, 6.45) is 0. The molecule has 0 N–H and O–H groups in total. The zero-order chi connectivity index (χ0) is 11.4. The second-order valence-corrected chi connectivity index (χ2v) is 4.17. The molecule has 82 valence electrons. The van der Waals surface area contributed by atoms with Gasteiger partial charge in [0.25, 0.3) is 0 Å². The van der Waals surface area contributed by atoms with Crippen LogP contribution in [0.5, 0.6) is 5.75 Å². The summed E-state index contributed by atoms with van der Waals surface area (Å²) < 4.78 is 5.75. The van der Waals surface area contributed by atoms with Gasteiger partial charge in [0.05, 0.1) is 0 Å². The van der Waals surface area contributed by atoms with Gasteiger partial charge in [0.1, 0.15) is 12.4 Å². The minimum atomic E-state index is 0.550. The van der Waals surface area contributed by atoms with Crippen LogP contribution in [0.1, 0.15) is 16.7 Å². The molecule has 0 aliphatic carbocycles. The molecule has 0 spiro atoms. The van der Waals surface area contributed by atoms with Crippen LogP contribution in [0.2, 0.25) is 0 Å². The van der Waals surface area contributed by atoms with Crippen molar-refractivity contribution in [3.8, 4) is 5.75 Å². The summed E-state index contributed by atoms with van der Waals surface area (Å²) in [4.78, 5) is 0. The lowest BCUT2D eigenvalue weighted by atomic mass is 10.1. The quantitative estimate of drug-likeness (QED) is 0.606. The molecule has 0 aliphatic heterocycles. The molecule has 1 rings (SSSR count). The monoisotopic (exact) mass is 222 g/mol. The van der Waals surface area contributed by atoms with Gasteiger partial charge >= 0.3 is 0 Å². The predicted molar refractivity (Wildman–Crippen MR) is 69.1 cm³/mol. The van der Waals surface area contributed by atoms with Gasteiger partial charge in [-0.1, -0.05) is 18.7 Å². The second kappa shape index (κ2) is 5.26. The fraction of sp³-hybridized carbons (Fsp3) is 0.385. The van der Waals surface area contributed by atoms with Gasteiger partial charge in [-0.15, -0.1) is 0 Å². The van der Waals surface area contributed by atoms with E-state index in [-0.39, 0.29) is 0 Å². The highest BCUT2D eigenvalue weighted by atomic mass is 32.1. The Morgan fingerprint density at radius 2 is 1.87 bits per heavy atom. The van der Waals surface area contributed by atoms with Crippen molar-refractivity contribution in [3.05, 3.63) is 41.0 Å². The minimum absolute atomic E-state index is 0.550. The van der Waals surface area contributed by atoms with Gasteiger partial charge in [-0.3, -0.25) is 0 Å². The Bertz CT molecular complexity index is 369. The Balaban J connectivity index is 2.84. The van der Waals surface area contributed by atoms with E-state index in [1.54, 1.807) is 0 Å². The minimum Gasteiger partial charge on any atom is -0.489 e. The molecule has 0 amide bonds. The number of hydrogen-bond acceptors (Lipinski definition) is 2. The number of hydrogen-bond donors (Lipinski definition) is 1. The molecule has 0 radical (unpaired) electrons. The van der Waals surface area contributed by atoms with E-state index in [0.717, 1.165) is 11.3 Å². The molecule has 0 saturated carbocycles. The molecule has 0 atom stereocenters. The first-order chi connectivity index (χ1) is 7.06. The summed E-state index contributed by atoms with van der Waals surface area (Å²) in [5.74, 6) is 1.65. The molecular formula is C13H18OS. The first kappa shape index (κ1) is 12.2. The summed E-state index contributed by atoms with van der Waals surface area (Å²) >= 11 is 4.15. The predicted octanol–water partition coefficient (Wildman–Crippen LogP) is 3.48. The van der Waals surface area contributed by atoms with E-state index in [2.05, 4.69) is 52.1 Å². The van der Waals surface area contributed by atoms with Gasteiger partial charge in [-0.2, -0.15) is 12.6 Å². The number of aryl methyl sites for hydroxylation is 2. The molecule has 0 bridgehead atoms. The average Bonchev–Trinajstić information content (AvgIpc) is 2.23. The van der Waals surface area contributed by atoms with E-state index in [1.165, 1.54) is 16.7 Å². The van der Waals surface area contributed by atoms with Crippen molar-refractivity contribution in [2.45, 2.75) is 20.8 Å². The molecule has 15 heavy (non-hydrogen) atoms. The van der Waals surface area contributed by atoms with E-state index in [9.17, 15) is 0 Å². The van der Waals surface area contributed by atoms with Crippen LogP contribution < -0.4 is 4.74 Å². The fourth-order valence-electron chi connectivity index (χ4n) is 1.37. The maximum atomic E-state index is 5.75. The second-order valence-electron chi connectivity index (χ2n) is 3.85. The van der Waals surface area contributed by atoms with Crippen molar-refractivity contribution in [2.24, 2.45) is 0 Å². The normalized spacial score (nSPS) is 10.1. The zero-order valence-corrected chi connectivity index (χ0v) is 10.5. The molecule has 1 aromatic rings. The molecule has 0 fully saturated rings. The van der Waals surface area contributed by atoms with Crippen LogP contribution in [-0.2, 0) is 0 Å². The zero-order valence-electron chi connectivity index (χ0n) is 9.63. The number of thiol groups is 1. The van der Waals surface area contributed by atoms with E-state index >= 15 is 0 Å². The van der Waals surface area contributed by atoms with Gasteiger partial charge in [0.15, 0.2) is 0 Å². The number of ether oxygens (including phenoxy) is 1. The van der Waals surface area contributed by atoms with Crippen LogP contribution >= 0.6 is 12.6 Å². The Kier molecular flexibility index (Phi) is 4.28. The van der Waals surface area contributed by atoms with Crippen molar-refractivity contribution in [1.29, 1.82) is 0 Å². The van der Waals surface area contributed by atoms with Crippen molar-refractivity contribution >= 4 is 12.6 Å².